The summed E-state index contributed by atoms with van der Waals surface area (Å²) in [4.78, 5) is 0. The van der Waals surface area contributed by atoms with E-state index in [2.05, 4.69) is 18.0 Å². The van der Waals surface area contributed by atoms with E-state index in [0.29, 0.717) is 0 Å². The van der Waals surface area contributed by atoms with Gasteiger partial charge in [0, 0.05) is 0 Å². The zero-order valence-corrected chi connectivity index (χ0v) is 18.1. The van der Waals surface area contributed by atoms with Crippen molar-refractivity contribution < 1.29 is 46.7 Å². The van der Waals surface area contributed by atoms with E-state index >= 15 is 0 Å². The average Bonchev–Trinajstić information content (AvgIpc) is 2.40. The van der Waals surface area contributed by atoms with Crippen LogP contribution in [0.15, 0.2) is 0 Å². The van der Waals surface area contributed by atoms with Gasteiger partial charge in [0.25, 0.3) is 0 Å². The van der Waals surface area contributed by atoms with Crippen LogP contribution in [0.5, 0.6) is 0 Å². The Bertz CT molecular complexity index is 270. The predicted molar refractivity (Wildman–Crippen MR) is 88.1 cm³/mol. The van der Waals surface area contributed by atoms with Crippen molar-refractivity contribution in [3.63, 3.8) is 0 Å². The molecular formula is C16H35NaO4S. The Hall–Kier alpha value is 0.870. The first-order valence-corrected chi connectivity index (χ1v) is 9.91. The minimum atomic E-state index is -4.42. The number of rotatable bonds is 13. The molecule has 4 nitrogen and oxygen atoms in total. The van der Waals surface area contributed by atoms with Gasteiger partial charge in [-0.05, 0) is 6.92 Å². The average molecular weight is 347 g/mol. The minimum absolute atomic E-state index is 0. The molecule has 0 N–H and O–H groups in total. The molecule has 0 saturated carbocycles. The molecule has 0 aliphatic rings. The van der Waals surface area contributed by atoms with Crippen molar-refractivity contribution in [3.8, 4) is 0 Å². The van der Waals surface area contributed by atoms with E-state index in [4.69, 9.17) is 0 Å². The first-order valence-electron chi connectivity index (χ1n) is 8.58. The fourth-order valence-electron chi connectivity index (χ4n) is 2.06. The molecule has 0 bridgehead atoms. The molecule has 0 radical (unpaired) electrons. The van der Waals surface area contributed by atoms with Crippen LogP contribution in [0.25, 0.3) is 0 Å². The summed E-state index contributed by atoms with van der Waals surface area (Å²) in [5.74, 6) is 0. The monoisotopic (exact) mass is 346 g/mol. The number of unbranched alkanes of at least 4 members (excludes halogenated alkanes) is 11. The fourth-order valence-corrected chi connectivity index (χ4v) is 2.35. The number of hydrogen-bond donors (Lipinski definition) is 0. The largest absolute Gasteiger partial charge is 1.00 e. The summed E-state index contributed by atoms with van der Waals surface area (Å²) in [6, 6.07) is 0. The van der Waals surface area contributed by atoms with Gasteiger partial charge >= 0.3 is 29.6 Å². The Morgan fingerprint density at radius 2 is 0.955 bits per heavy atom. The van der Waals surface area contributed by atoms with Crippen LogP contribution in [0.1, 0.15) is 97.8 Å². The molecule has 0 aromatic rings. The van der Waals surface area contributed by atoms with Crippen LogP contribution in [0.4, 0.5) is 0 Å². The minimum Gasteiger partial charge on any atom is -0.726 e. The third-order valence-electron chi connectivity index (χ3n) is 3.22. The van der Waals surface area contributed by atoms with E-state index in [1.54, 1.807) is 0 Å². The molecule has 0 saturated heterocycles. The quantitative estimate of drug-likeness (QED) is 0.222. The van der Waals surface area contributed by atoms with Crippen molar-refractivity contribution in [2.75, 3.05) is 6.61 Å². The molecule has 0 aromatic heterocycles. The van der Waals surface area contributed by atoms with Crippen molar-refractivity contribution in [2.24, 2.45) is 0 Å². The van der Waals surface area contributed by atoms with Crippen LogP contribution in [0.2, 0.25) is 0 Å². The first-order chi connectivity index (χ1) is 9.97. The van der Waals surface area contributed by atoms with Crippen molar-refractivity contribution in [2.45, 2.75) is 97.8 Å². The topological polar surface area (TPSA) is 66.4 Å². The summed E-state index contributed by atoms with van der Waals surface area (Å²) in [6.45, 7) is 5.91. The van der Waals surface area contributed by atoms with E-state index < -0.39 is 10.4 Å². The van der Waals surface area contributed by atoms with Crippen molar-refractivity contribution in [3.05, 3.63) is 0 Å². The smallest absolute Gasteiger partial charge is 0.726 e. The van der Waals surface area contributed by atoms with Crippen molar-refractivity contribution in [1.82, 2.24) is 0 Å². The molecule has 130 valence electrons. The van der Waals surface area contributed by atoms with Gasteiger partial charge in [0.15, 0.2) is 0 Å². The molecule has 0 rings (SSSR count). The standard InChI is InChI=1S/C14H30.C2H6O4S.Na/c1-3-5-7-9-11-13-14-12-10-8-6-4-2;1-2-6-7(3,4)5;/h3-14H2,1-2H3;2H2,1H3,(H,3,4,5);/q;;+1/p-1. The molecule has 0 aromatic carbocycles. The van der Waals surface area contributed by atoms with E-state index in [1.165, 1.54) is 84.0 Å². The second-order valence-corrected chi connectivity index (χ2v) is 6.40. The zero-order chi connectivity index (χ0) is 16.4. The molecule has 22 heavy (non-hydrogen) atoms. The SMILES string of the molecule is CCCCCCCCCCCCCC.CCOS(=O)(=O)[O-].[Na+]. The molecule has 0 unspecified atom stereocenters. The van der Waals surface area contributed by atoms with Gasteiger partial charge in [0.05, 0.1) is 6.61 Å². The predicted octanol–water partition coefficient (Wildman–Crippen LogP) is 2.19. The Labute approximate surface area is 161 Å². The van der Waals surface area contributed by atoms with Crippen molar-refractivity contribution >= 4 is 10.4 Å². The van der Waals surface area contributed by atoms with E-state index in [0.717, 1.165) is 0 Å². The summed E-state index contributed by atoms with van der Waals surface area (Å²) in [7, 11) is -4.42. The zero-order valence-electron chi connectivity index (χ0n) is 15.2. The van der Waals surface area contributed by atoms with Crippen LogP contribution < -0.4 is 29.6 Å². The van der Waals surface area contributed by atoms with Gasteiger partial charge in [-0.1, -0.05) is 90.9 Å². The van der Waals surface area contributed by atoms with E-state index in [1.807, 2.05) is 0 Å². The maximum absolute atomic E-state index is 9.45. The van der Waals surface area contributed by atoms with Crippen LogP contribution in [-0.2, 0) is 14.6 Å². The normalized spacial score (nSPS) is 10.5. The van der Waals surface area contributed by atoms with Gasteiger partial charge in [-0.3, -0.25) is 4.18 Å². The second-order valence-electron chi connectivity index (χ2n) is 5.35. The van der Waals surface area contributed by atoms with E-state index in [9.17, 15) is 13.0 Å². The molecule has 0 spiro atoms. The van der Waals surface area contributed by atoms with Crippen LogP contribution in [0.3, 0.4) is 0 Å². The summed E-state index contributed by atoms with van der Waals surface area (Å²) in [5, 5.41) is 0. The van der Waals surface area contributed by atoms with Gasteiger partial charge in [0.1, 0.15) is 0 Å². The van der Waals surface area contributed by atoms with Gasteiger partial charge in [-0.15, -0.1) is 0 Å². The van der Waals surface area contributed by atoms with Crippen LogP contribution in [-0.4, -0.2) is 19.6 Å². The van der Waals surface area contributed by atoms with Crippen LogP contribution >= 0.6 is 0 Å². The van der Waals surface area contributed by atoms with Crippen LogP contribution in [0, 0.1) is 0 Å². The van der Waals surface area contributed by atoms with Crippen molar-refractivity contribution in [1.29, 1.82) is 0 Å². The van der Waals surface area contributed by atoms with E-state index in [-0.39, 0.29) is 36.2 Å². The Kier molecular flexibility index (Phi) is 27.5. The third-order valence-corrected chi connectivity index (χ3v) is 3.74. The summed E-state index contributed by atoms with van der Waals surface area (Å²) in [6.07, 6.45) is 17.4. The molecule has 0 amide bonds. The fraction of sp³-hybridized carbons (Fsp3) is 1.00. The third kappa shape index (κ3) is 32.7. The van der Waals surface area contributed by atoms with Gasteiger partial charge in [0.2, 0.25) is 10.4 Å². The van der Waals surface area contributed by atoms with Gasteiger partial charge in [-0.25, -0.2) is 8.42 Å². The molecular weight excluding hydrogens is 311 g/mol. The Morgan fingerprint density at radius 1 is 0.682 bits per heavy atom. The second kappa shape index (κ2) is 21.9. The molecule has 0 aliphatic heterocycles. The molecule has 0 fully saturated rings. The Balaban J connectivity index is -0.000000385. The summed E-state index contributed by atoms with van der Waals surface area (Å²) < 4.78 is 32.0. The van der Waals surface area contributed by atoms with Gasteiger partial charge in [-0.2, -0.15) is 0 Å². The first kappa shape index (κ1) is 27.7. The molecule has 0 aliphatic carbocycles. The maximum Gasteiger partial charge on any atom is 1.00 e. The maximum atomic E-state index is 9.45. The number of hydrogen-bond acceptors (Lipinski definition) is 4. The molecule has 0 atom stereocenters. The van der Waals surface area contributed by atoms with Gasteiger partial charge < -0.3 is 4.55 Å². The molecule has 6 heteroatoms. The Morgan fingerprint density at radius 3 is 1.09 bits per heavy atom. The molecule has 0 heterocycles. The summed E-state index contributed by atoms with van der Waals surface area (Å²) >= 11 is 0. The summed E-state index contributed by atoms with van der Waals surface area (Å²) in [5.41, 5.74) is 0.